The lowest BCUT2D eigenvalue weighted by atomic mass is 10.2. The lowest BCUT2D eigenvalue weighted by Crippen LogP contribution is -2.00. The summed E-state index contributed by atoms with van der Waals surface area (Å²) in [6, 6.07) is 0.265. The Kier molecular flexibility index (Phi) is 2.80. The van der Waals surface area contributed by atoms with Gasteiger partial charge >= 0.3 is 5.69 Å². The first kappa shape index (κ1) is 11.2. The molecule has 0 unspecified atom stereocenters. The molecule has 0 saturated carbocycles. The van der Waals surface area contributed by atoms with E-state index in [1.54, 1.807) is 0 Å². The van der Waals surface area contributed by atoms with Crippen molar-refractivity contribution in [3.8, 4) is 0 Å². The lowest BCUT2D eigenvalue weighted by Gasteiger charge is -1.99. The van der Waals surface area contributed by atoms with Crippen molar-refractivity contribution < 1.29 is 18.6 Å². The molecule has 6 nitrogen and oxygen atoms in total. The highest BCUT2D eigenvalue weighted by molar-refractivity contribution is 6.32. The molecule has 0 fully saturated rings. The van der Waals surface area contributed by atoms with Gasteiger partial charge in [-0.15, -0.1) is 0 Å². The molecule has 0 aliphatic rings. The second kappa shape index (κ2) is 3.73. The van der Waals surface area contributed by atoms with Crippen molar-refractivity contribution in [2.75, 3.05) is 0 Å². The Bertz CT molecular complexity index is 427. The molecule has 1 rings (SSSR count). The van der Waals surface area contributed by atoms with E-state index in [4.69, 9.17) is 11.6 Å². The van der Waals surface area contributed by atoms with Crippen LogP contribution in [0.25, 0.3) is 0 Å². The van der Waals surface area contributed by atoms with Crippen LogP contribution in [0.3, 0.4) is 0 Å². The Balaban J connectivity index is 3.59. The van der Waals surface area contributed by atoms with Crippen LogP contribution in [0.2, 0.25) is 5.02 Å². The number of nitro benzene ring substituents is 2. The molecule has 0 amide bonds. The molecular formula is C6HClF2N2O4. The third-order valence-corrected chi connectivity index (χ3v) is 1.86. The maximum atomic E-state index is 12.9. The van der Waals surface area contributed by atoms with Crippen LogP contribution in [0, 0.1) is 31.9 Å². The minimum atomic E-state index is -1.82. The molecule has 0 radical (unpaired) electrons. The first-order valence-electron chi connectivity index (χ1n) is 3.32. The average molecular weight is 239 g/mol. The predicted octanol–water partition coefficient (Wildman–Crippen LogP) is 2.43. The SMILES string of the molecule is O=[N+]([O-])c1cc([N+](=O)[O-])c(Cl)c(F)c1F. The summed E-state index contributed by atoms with van der Waals surface area (Å²) in [6.45, 7) is 0. The first-order chi connectivity index (χ1) is 6.86. The molecule has 0 atom stereocenters. The van der Waals surface area contributed by atoms with E-state index in [9.17, 15) is 29.0 Å². The second-order valence-electron chi connectivity index (χ2n) is 2.37. The van der Waals surface area contributed by atoms with E-state index in [-0.39, 0.29) is 6.07 Å². The van der Waals surface area contributed by atoms with Crippen molar-refractivity contribution in [3.63, 3.8) is 0 Å². The summed E-state index contributed by atoms with van der Waals surface area (Å²) >= 11 is 5.09. The van der Waals surface area contributed by atoms with Crippen molar-refractivity contribution >= 4 is 23.0 Å². The quantitative estimate of drug-likeness (QED) is 0.450. The number of hydrogen-bond acceptors (Lipinski definition) is 4. The van der Waals surface area contributed by atoms with Gasteiger partial charge in [0.05, 0.1) is 15.9 Å². The van der Waals surface area contributed by atoms with Crippen molar-refractivity contribution in [3.05, 3.63) is 43.0 Å². The summed E-state index contributed by atoms with van der Waals surface area (Å²) in [6.07, 6.45) is 0. The van der Waals surface area contributed by atoms with E-state index in [1.807, 2.05) is 0 Å². The minimum Gasteiger partial charge on any atom is -0.258 e. The lowest BCUT2D eigenvalue weighted by molar-refractivity contribution is -0.396. The van der Waals surface area contributed by atoms with Gasteiger partial charge in [-0.05, 0) is 0 Å². The Morgan fingerprint density at radius 2 is 1.53 bits per heavy atom. The third kappa shape index (κ3) is 1.84. The zero-order valence-electron chi connectivity index (χ0n) is 6.74. The normalized spacial score (nSPS) is 10.1. The highest BCUT2D eigenvalue weighted by Gasteiger charge is 2.29. The minimum absolute atomic E-state index is 0.265. The van der Waals surface area contributed by atoms with Crippen LogP contribution in [0.4, 0.5) is 20.2 Å². The molecule has 1 aromatic rings. The van der Waals surface area contributed by atoms with Gasteiger partial charge in [0.2, 0.25) is 5.82 Å². The van der Waals surface area contributed by atoms with Crippen LogP contribution < -0.4 is 0 Å². The van der Waals surface area contributed by atoms with Crippen LogP contribution >= 0.6 is 11.6 Å². The van der Waals surface area contributed by atoms with Crippen LogP contribution in [-0.4, -0.2) is 9.85 Å². The highest BCUT2D eigenvalue weighted by atomic mass is 35.5. The van der Waals surface area contributed by atoms with E-state index >= 15 is 0 Å². The number of nitrogens with zero attached hydrogens (tertiary/aromatic N) is 2. The largest absolute Gasteiger partial charge is 0.314 e. The predicted molar refractivity (Wildman–Crippen MR) is 44.7 cm³/mol. The molecule has 0 saturated heterocycles. The number of hydrogen-bond donors (Lipinski definition) is 0. The van der Waals surface area contributed by atoms with Gasteiger partial charge < -0.3 is 0 Å². The zero-order valence-corrected chi connectivity index (χ0v) is 7.49. The number of rotatable bonds is 2. The molecule has 0 spiro atoms. The van der Waals surface area contributed by atoms with Crippen LogP contribution in [0.1, 0.15) is 0 Å². The molecule has 1 aromatic carbocycles. The van der Waals surface area contributed by atoms with E-state index in [1.165, 1.54) is 0 Å². The molecule has 15 heavy (non-hydrogen) atoms. The van der Waals surface area contributed by atoms with Gasteiger partial charge in [0.25, 0.3) is 5.69 Å². The highest BCUT2D eigenvalue weighted by Crippen LogP contribution is 2.34. The summed E-state index contributed by atoms with van der Waals surface area (Å²) in [4.78, 5) is 18.0. The standard InChI is InChI=1S/C6HClF2N2O4/c7-4-2(10(12)13)1-3(11(14)15)5(8)6(4)9/h1H. The third-order valence-electron chi connectivity index (χ3n) is 1.50. The first-order valence-corrected chi connectivity index (χ1v) is 3.70. The van der Waals surface area contributed by atoms with Crippen molar-refractivity contribution in [2.45, 2.75) is 0 Å². The molecule has 0 aromatic heterocycles. The summed E-state index contributed by atoms with van der Waals surface area (Å²) < 4.78 is 25.7. The van der Waals surface area contributed by atoms with Crippen LogP contribution in [0.5, 0.6) is 0 Å². The molecule has 80 valence electrons. The summed E-state index contributed by atoms with van der Waals surface area (Å²) in [7, 11) is 0. The fourth-order valence-electron chi connectivity index (χ4n) is 0.843. The Labute approximate surface area is 85.4 Å². The maximum Gasteiger partial charge on any atom is 0.314 e. The van der Waals surface area contributed by atoms with Crippen molar-refractivity contribution in [2.24, 2.45) is 0 Å². The number of halogens is 3. The number of benzene rings is 1. The fraction of sp³-hybridized carbons (Fsp3) is 0. The molecule has 0 bridgehead atoms. The molecule has 9 heteroatoms. The smallest absolute Gasteiger partial charge is 0.258 e. The molecule has 0 N–H and O–H groups in total. The molecule has 0 aliphatic carbocycles. The molecule has 0 heterocycles. The van der Waals surface area contributed by atoms with Crippen molar-refractivity contribution in [1.82, 2.24) is 0 Å². The zero-order chi connectivity index (χ0) is 11.7. The summed E-state index contributed by atoms with van der Waals surface area (Å²) in [5.41, 5.74) is -2.38. The average Bonchev–Trinajstić information content (AvgIpc) is 2.13. The number of nitro groups is 2. The second-order valence-corrected chi connectivity index (χ2v) is 2.75. The summed E-state index contributed by atoms with van der Waals surface area (Å²) in [5, 5.41) is 19.4. The van der Waals surface area contributed by atoms with E-state index in [0.717, 1.165) is 0 Å². The molecule has 0 aliphatic heterocycles. The monoisotopic (exact) mass is 238 g/mol. The van der Waals surface area contributed by atoms with E-state index in [2.05, 4.69) is 0 Å². The van der Waals surface area contributed by atoms with E-state index < -0.39 is 37.9 Å². The van der Waals surface area contributed by atoms with Gasteiger partial charge in [0.1, 0.15) is 0 Å². The Hall–Kier alpha value is -1.83. The van der Waals surface area contributed by atoms with Gasteiger partial charge in [-0.1, -0.05) is 11.6 Å². The van der Waals surface area contributed by atoms with E-state index in [0.29, 0.717) is 0 Å². The Morgan fingerprint density at radius 1 is 1.07 bits per heavy atom. The van der Waals surface area contributed by atoms with Gasteiger partial charge in [0, 0.05) is 0 Å². The van der Waals surface area contributed by atoms with Crippen LogP contribution in [0.15, 0.2) is 6.07 Å². The van der Waals surface area contributed by atoms with Crippen molar-refractivity contribution in [1.29, 1.82) is 0 Å². The van der Waals surface area contributed by atoms with Gasteiger partial charge in [-0.3, -0.25) is 20.2 Å². The topological polar surface area (TPSA) is 86.3 Å². The molecular weight excluding hydrogens is 238 g/mol. The van der Waals surface area contributed by atoms with Gasteiger partial charge in [0.15, 0.2) is 10.8 Å². The Morgan fingerprint density at radius 3 is 1.93 bits per heavy atom. The summed E-state index contributed by atoms with van der Waals surface area (Å²) in [5.74, 6) is -3.63. The maximum absolute atomic E-state index is 12.9. The fourth-order valence-corrected chi connectivity index (χ4v) is 1.05. The van der Waals surface area contributed by atoms with Gasteiger partial charge in [-0.25, -0.2) is 4.39 Å². The van der Waals surface area contributed by atoms with Gasteiger partial charge in [-0.2, -0.15) is 4.39 Å². The van der Waals surface area contributed by atoms with Crippen LogP contribution in [-0.2, 0) is 0 Å².